The van der Waals surface area contributed by atoms with Crippen LogP contribution < -0.4 is 5.73 Å². The van der Waals surface area contributed by atoms with E-state index >= 15 is 0 Å². The second-order valence-corrected chi connectivity index (χ2v) is 5.28. The van der Waals surface area contributed by atoms with Crippen molar-refractivity contribution in [3.05, 3.63) is 34.9 Å². The lowest BCUT2D eigenvalue weighted by Crippen LogP contribution is -2.43. The fourth-order valence-corrected chi connectivity index (χ4v) is 1.97. The third-order valence-electron chi connectivity index (χ3n) is 2.57. The van der Waals surface area contributed by atoms with E-state index in [0.717, 1.165) is 5.56 Å². The second kappa shape index (κ2) is 6.71. The van der Waals surface area contributed by atoms with E-state index < -0.39 is 0 Å². The molecule has 0 unspecified atom stereocenters. The number of hydrogen-bond donors (Lipinski definition) is 1. The Balaban J connectivity index is 2.79. The van der Waals surface area contributed by atoms with Crippen molar-refractivity contribution in [3.8, 4) is 0 Å². The first kappa shape index (κ1) is 14.9. The van der Waals surface area contributed by atoms with Gasteiger partial charge in [-0.1, -0.05) is 42.0 Å². The van der Waals surface area contributed by atoms with Crippen molar-refractivity contribution >= 4 is 34.7 Å². The van der Waals surface area contributed by atoms with E-state index in [2.05, 4.69) is 0 Å². The van der Waals surface area contributed by atoms with Gasteiger partial charge in [0.05, 0.1) is 18.0 Å². The highest BCUT2D eigenvalue weighted by Gasteiger charge is 2.18. The molecule has 0 bridgehead atoms. The van der Waals surface area contributed by atoms with Gasteiger partial charge in [-0.2, -0.15) is 0 Å². The Bertz CT molecular complexity index is 448. The molecule has 5 heteroatoms. The summed E-state index contributed by atoms with van der Waals surface area (Å²) < 4.78 is 0. The Labute approximate surface area is 118 Å². The average Bonchev–Trinajstić information content (AvgIpc) is 2.28. The third kappa shape index (κ3) is 4.27. The van der Waals surface area contributed by atoms with Gasteiger partial charge >= 0.3 is 0 Å². The molecule has 0 radical (unpaired) electrons. The first-order chi connectivity index (χ1) is 8.41. The zero-order valence-corrected chi connectivity index (χ0v) is 12.1. The molecule has 1 aromatic rings. The molecule has 0 spiro atoms. The van der Waals surface area contributed by atoms with Crippen molar-refractivity contribution < 1.29 is 4.79 Å². The fourth-order valence-electron chi connectivity index (χ4n) is 1.63. The summed E-state index contributed by atoms with van der Waals surface area (Å²) in [5.41, 5.74) is 6.32. The normalized spacial score (nSPS) is 10.4. The van der Waals surface area contributed by atoms with E-state index in [9.17, 15) is 4.79 Å². The highest BCUT2D eigenvalue weighted by molar-refractivity contribution is 7.80. The summed E-state index contributed by atoms with van der Waals surface area (Å²) in [7, 11) is 0. The van der Waals surface area contributed by atoms with E-state index in [4.69, 9.17) is 29.6 Å². The van der Waals surface area contributed by atoms with Crippen LogP contribution in [-0.4, -0.2) is 28.4 Å². The molecule has 1 rings (SSSR count). The fraction of sp³-hybridized carbons (Fsp3) is 0.385. The Morgan fingerprint density at radius 1 is 1.44 bits per heavy atom. The number of carbonyl (C=O) groups is 1. The van der Waals surface area contributed by atoms with Gasteiger partial charge in [0.25, 0.3) is 0 Å². The van der Waals surface area contributed by atoms with Gasteiger partial charge in [0.2, 0.25) is 5.91 Å². The van der Waals surface area contributed by atoms with Crippen LogP contribution in [0.1, 0.15) is 19.4 Å². The maximum atomic E-state index is 12.2. The summed E-state index contributed by atoms with van der Waals surface area (Å²) in [6.45, 7) is 4.17. The van der Waals surface area contributed by atoms with Crippen molar-refractivity contribution in [2.75, 3.05) is 6.54 Å². The highest BCUT2D eigenvalue weighted by Crippen LogP contribution is 2.16. The topological polar surface area (TPSA) is 46.3 Å². The molecule has 0 aliphatic heterocycles. The van der Waals surface area contributed by atoms with Gasteiger partial charge in [-0.25, -0.2) is 0 Å². The minimum absolute atomic E-state index is 0.0223. The summed E-state index contributed by atoms with van der Waals surface area (Å²) in [6, 6.07) is 7.38. The van der Waals surface area contributed by atoms with Crippen molar-refractivity contribution in [2.45, 2.75) is 26.3 Å². The van der Waals surface area contributed by atoms with E-state index in [1.165, 1.54) is 0 Å². The van der Waals surface area contributed by atoms with Gasteiger partial charge in [0.15, 0.2) is 0 Å². The van der Waals surface area contributed by atoms with Gasteiger partial charge < -0.3 is 10.6 Å². The largest absolute Gasteiger partial charge is 0.392 e. The SMILES string of the molecule is CC(C)N(CC(N)=S)C(=O)Cc1ccccc1Cl. The number of thiocarbonyl (C=S) groups is 1. The lowest BCUT2D eigenvalue weighted by Gasteiger charge is -2.26. The van der Waals surface area contributed by atoms with Gasteiger partial charge in [0.1, 0.15) is 0 Å². The minimum atomic E-state index is -0.0223. The van der Waals surface area contributed by atoms with Crippen LogP contribution in [0.15, 0.2) is 24.3 Å². The van der Waals surface area contributed by atoms with Crippen molar-refractivity contribution in [2.24, 2.45) is 5.73 Å². The summed E-state index contributed by atoms with van der Waals surface area (Å²) in [5.74, 6) is -0.0223. The Morgan fingerprint density at radius 2 is 2.06 bits per heavy atom. The predicted octanol–water partition coefficient (Wildman–Crippen LogP) is 2.41. The summed E-state index contributed by atoms with van der Waals surface area (Å²) >= 11 is 10.9. The van der Waals surface area contributed by atoms with Gasteiger partial charge in [0, 0.05) is 11.1 Å². The second-order valence-electron chi connectivity index (χ2n) is 4.35. The summed E-state index contributed by atoms with van der Waals surface area (Å²) in [5, 5.41) is 0.602. The zero-order chi connectivity index (χ0) is 13.7. The zero-order valence-electron chi connectivity index (χ0n) is 10.5. The molecule has 0 heterocycles. The number of nitrogens with zero attached hydrogens (tertiary/aromatic N) is 1. The van der Waals surface area contributed by atoms with Crippen LogP contribution in [0, 0.1) is 0 Å². The van der Waals surface area contributed by atoms with Crippen LogP contribution in [0.25, 0.3) is 0 Å². The molecule has 0 fully saturated rings. The maximum Gasteiger partial charge on any atom is 0.227 e. The number of nitrogens with two attached hydrogens (primary N) is 1. The van der Waals surface area contributed by atoms with Crippen molar-refractivity contribution in [1.29, 1.82) is 0 Å². The summed E-state index contributed by atoms with van der Waals surface area (Å²) in [6.07, 6.45) is 0.264. The number of amides is 1. The number of carbonyl (C=O) groups excluding carboxylic acids is 1. The Hall–Kier alpha value is -1.13. The number of rotatable bonds is 5. The molecule has 1 aromatic carbocycles. The van der Waals surface area contributed by atoms with E-state index in [-0.39, 0.29) is 18.4 Å². The minimum Gasteiger partial charge on any atom is -0.392 e. The molecule has 0 aromatic heterocycles. The lowest BCUT2D eigenvalue weighted by molar-refractivity contribution is -0.131. The predicted molar refractivity (Wildman–Crippen MR) is 78.8 cm³/mol. The first-order valence-corrected chi connectivity index (χ1v) is 6.51. The quantitative estimate of drug-likeness (QED) is 0.845. The summed E-state index contributed by atoms with van der Waals surface area (Å²) in [4.78, 5) is 14.2. The molecule has 1 amide bonds. The Kier molecular flexibility index (Phi) is 5.56. The molecule has 0 saturated heterocycles. The van der Waals surface area contributed by atoms with Crippen LogP contribution in [0.4, 0.5) is 0 Å². The van der Waals surface area contributed by atoms with Crippen molar-refractivity contribution in [3.63, 3.8) is 0 Å². The van der Waals surface area contributed by atoms with E-state index in [1.807, 2.05) is 32.0 Å². The molecule has 3 nitrogen and oxygen atoms in total. The Morgan fingerprint density at radius 3 is 2.56 bits per heavy atom. The lowest BCUT2D eigenvalue weighted by atomic mass is 10.1. The monoisotopic (exact) mass is 284 g/mol. The van der Waals surface area contributed by atoms with Gasteiger partial charge in [-0.3, -0.25) is 4.79 Å². The molecule has 2 N–H and O–H groups in total. The number of benzene rings is 1. The molecule has 0 aliphatic carbocycles. The van der Waals surface area contributed by atoms with Gasteiger partial charge in [-0.15, -0.1) is 0 Å². The van der Waals surface area contributed by atoms with Crippen LogP contribution in [0.3, 0.4) is 0 Å². The average molecular weight is 285 g/mol. The van der Waals surface area contributed by atoms with Crippen LogP contribution in [0.2, 0.25) is 5.02 Å². The highest BCUT2D eigenvalue weighted by atomic mass is 35.5. The number of hydrogen-bond acceptors (Lipinski definition) is 2. The molecular weight excluding hydrogens is 268 g/mol. The van der Waals surface area contributed by atoms with Crippen molar-refractivity contribution in [1.82, 2.24) is 4.90 Å². The molecule has 98 valence electrons. The van der Waals surface area contributed by atoms with E-state index in [1.54, 1.807) is 11.0 Å². The third-order valence-corrected chi connectivity index (χ3v) is 3.07. The van der Waals surface area contributed by atoms with Crippen LogP contribution in [-0.2, 0) is 11.2 Å². The molecular formula is C13H17ClN2OS. The molecule has 0 aliphatic rings. The molecule has 0 saturated carbocycles. The van der Waals surface area contributed by atoms with E-state index in [0.29, 0.717) is 16.6 Å². The van der Waals surface area contributed by atoms with Gasteiger partial charge in [-0.05, 0) is 25.5 Å². The standard InChI is InChI=1S/C13H17ClN2OS/c1-9(2)16(8-12(15)18)13(17)7-10-5-3-4-6-11(10)14/h3-6,9H,7-8H2,1-2H3,(H2,15,18). The van der Waals surface area contributed by atoms with Crippen LogP contribution in [0.5, 0.6) is 0 Å². The van der Waals surface area contributed by atoms with Crippen LogP contribution >= 0.6 is 23.8 Å². The maximum absolute atomic E-state index is 12.2. The first-order valence-electron chi connectivity index (χ1n) is 5.73. The molecule has 0 atom stereocenters. The molecule has 18 heavy (non-hydrogen) atoms. The number of halogens is 1. The smallest absolute Gasteiger partial charge is 0.227 e.